The number of carboxylic acid groups (broad SMARTS) is 1. The summed E-state index contributed by atoms with van der Waals surface area (Å²) in [5.74, 6) is -1.33. The summed E-state index contributed by atoms with van der Waals surface area (Å²) < 4.78 is 23.8. The molecular weight excluding hydrogens is 239 g/mol. The second-order valence-electron chi connectivity index (χ2n) is 3.74. The van der Waals surface area contributed by atoms with Crippen molar-refractivity contribution in [2.75, 3.05) is 0 Å². The number of hydrogen-bond acceptors (Lipinski definition) is 3. The average molecular weight is 250 g/mol. The van der Waals surface area contributed by atoms with Crippen molar-refractivity contribution in [1.29, 1.82) is 0 Å². The normalized spacial score (nSPS) is 10.3. The van der Waals surface area contributed by atoms with E-state index in [-0.39, 0.29) is 23.7 Å². The predicted octanol–water partition coefficient (Wildman–Crippen LogP) is 3.00. The molecule has 0 aliphatic heterocycles. The van der Waals surface area contributed by atoms with Crippen molar-refractivity contribution in [2.24, 2.45) is 0 Å². The van der Waals surface area contributed by atoms with Crippen LogP contribution in [-0.4, -0.2) is 11.1 Å². The molecule has 1 N–H and O–H groups in total. The van der Waals surface area contributed by atoms with Crippen molar-refractivity contribution >= 4 is 5.97 Å². The van der Waals surface area contributed by atoms with Crippen LogP contribution in [0, 0.1) is 12.7 Å². The van der Waals surface area contributed by atoms with Crippen LogP contribution in [0.3, 0.4) is 0 Å². The molecule has 5 heteroatoms. The fourth-order valence-corrected chi connectivity index (χ4v) is 1.52. The molecule has 0 aliphatic carbocycles. The molecular formula is C13H11FO4. The van der Waals surface area contributed by atoms with Crippen molar-refractivity contribution in [3.8, 4) is 5.75 Å². The summed E-state index contributed by atoms with van der Waals surface area (Å²) >= 11 is 0. The smallest absolute Gasteiger partial charge is 0.339 e. The fourth-order valence-electron chi connectivity index (χ4n) is 1.52. The number of rotatable bonds is 4. The second-order valence-corrected chi connectivity index (χ2v) is 3.74. The summed E-state index contributed by atoms with van der Waals surface area (Å²) in [5, 5.41) is 8.86. The van der Waals surface area contributed by atoms with Crippen LogP contribution in [0.1, 0.15) is 21.7 Å². The number of carboxylic acids is 1. The molecule has 0 bridgehead atoms. The van der Waals surface area contributed by atoms with E-state index < -0.39 is 11.8 Å². The summed E-state index contributed by atoms with van der Waals surface area (Å²) in [5.41, 5.74) is 0.480. The summed E-state index contributed by atoms with van der Waals surface area (Å²) in [7, 11) is 0. The third kappa shape index (κ3) is 2.34. The number of aryl methyl sites for hydroxylation is 1. The van der Waals surface area contributed by atoms with Crippen molar-refractivity contribution in [1.82, 2.24) is 0 Å². The first-order valence-corrected chi connectivity index (χ1v) is 5.27. The molecule has 0 unspecified atom stereocenters. The molecule has 0 aliphatic rings. The quantitative estimate of drug-likeness (QED) is 0.906. The number of aromatic carboxylic acids is 1. The van der Waals surface area contributed by atoms with Gasteiger partial charge in [-0.2, -0.15) is 0 Å². The van der Waals surface area contributed by atoms with Crippen LogP contribution >= 0.6 is 0 Å². The minimum Gasteiger partial charge on any atom is -0.483 e. The first-order chi connectivity index (χ1) is 8.59. The third-order valence-corrected chi connectivity index (χ3v) is 2.49. The molecule has 4 nitrogen and oxygen atoms in total. The molecule has 2 aromatic rings. The first kappa shape index (κ1) is 12.2. The maximum absolute atomic E-state index is 13.6. The predicted molar refractivity (Wildman–Crippen MR) is 61.1 cm³/mol. The van der Waals surface area contributed by atoms with Crippen LogP contribution in [0.15, 0.2) is 34.9 Å². The Balaban J connectivity index is 2.14. The Labute approximate surface area is 103 Å². The Bertz CT molecular complexity index is 574. The lowest BCUT2D eigenvalue weighted by Gasteiger charge is -2.07. The number of carbonyl (C=O) groups is 1. The van der Waals surface area contributed by atoms with E-state index in [4.69, 9.17) is 14.3 Å². The summed E-state index contributed by atoms with van der Waals surface area (Å²) in [6, 6.07) is 6.09. The molecule has 1 heterocycles. The maximum atomic E-state index is 13.6. The number of halogens is 1. The highest BCUT2D eigenvalue weighted by Gasteiger charge is 2.14. The van der Waals surface area contributed by atoms with Gasteiger partial charge >= 0.3 is 5.97 Å². The van der Waals surface area contributed by atoms with E-state index in [9.17, 15) is 9.18 Å². The molecule has 0 radical (unpaired) electrons. The molecule has 0 saturated heterocycles. The van der Waals surface area contributed by atoms with E-state index in [1.54, 1.807) is 19.1 Å². The van der Waals surface area contributed by atoms with Gasteiger partial charge in [0.2, 0.25) is 0 Å². The van der Waals surface area contributed by atoms with Crippen molar-refractivity contribution in [3.05, 3.63) is 53.2 Å². The number of ether oxygens (including phenoxy) is 1. The van der Waals surface area contributed by atoms with E-state index in [2.05, 4.69) is 0 Å². The van der Waals surface area contributed by atoms with Gasteiger partial charge in [0.15, 0.2) is 17.3 Å². The van der Waals surface area contributed by atoms with E-state index in [0.717, 1.165) is 0 Å². The lowest BCUT2D eigenvalue weighted by atomic mass is 10.2. The van der Waals surface area contributed by atoms with Gasteiger partial charge in [-0.05, 0) is 24.6 Å². The van der Waals surface area contributed by atoms with Gasteiger partial charge in [-0.15, -0.1) is 0 Å². The Hall–Kier alpha value is -2.30. The van der Waals surface area contributed by atoms with Crippen molar-refractivity contribution in [3.63, 3.8) is 0 Å². The standard InChI is InChI=1S/C13H11FO4/c1-8-3-2-4-10(12(8)14)18-7-11-9(13(15)16)5-6-17-11/h2-6H,7H2,1H3,(H,15,16). The Morgan fingerprint density at radius 3 is 2.94 bits per heavy atom. The highest BCUT2D eigenvalue weighted by atomic mass is 19.1. The van der Waals surface area contributed by atoms with Crippen LogP contribution in [0.4, 0.5) is 4.39 Å². The zero-order chi connectivity index (χ0) is 13.1. The van der Waals surface area contributed by atoms with Crippen LogP contribution < -0.4 is 4.74 Å². The highest BCUT2D eigenvalue weighted by Crippen LogP contribution is 2.21. The Kier molecular flexibility index (Phi) is 3.32. The molecule has 1 aromatic heterocycles. The SMILES string of the molecule is Cc1cccc(OCc2occc2C(=O)O)c1F. The molecule has 1 aromatic carbocycles. The fraction of sp³-hybridized carbons (Fsp3) is 0.154. The lowest BCUT2D eigenvalue weighted by molar-refractivity contribution is 0.0691. The average Bonchev–Trinajstić information content (AvgIpc) is 2.79. The molecule has 0 saturated carbocycles. The van der Waals surface area contributed by atoms with Gasteiger partial charge in [-0.1, -0.05) is 12.1 Å². The summed E-state index contributed by atoms with van der Waals surface area (Å²) in [6.07, 6.45) is 1.26. The highest BCUT2D eigenvalue weighted by molar-refractivity contribution is 5.88. The zero-order valence-electron chi connectivity index (χ0n) is 9.64. The Morgan fingerprint density at radius 1 is 1.44 bits per heavy atom. The summed E-state index contributed by atoms with van der Waals surface area (Å²) in [6.45, 7) is 1.49. The minimum absolute atomic E-state index is 0.0167. The Morgan fingerprint density at radius 2 is 2.22 bits per heavy atom. The van der Waals surface area contributed by atoms with Crippen molar-refractivity contribution in [2.45, 2.75) is 13.5 Å². The molecule has 0 amide bonds. The minimum atomic E-state index is -1.10. The third-order valence-electron chi connectivity index (χ3n) is 2.49. The molecule has 0 atom stereocenters. The van der Waals surface area contributed by atoms with Gasteiger partial charge in [0, 0.05) is 0 Å². The van der Waals surface area contributed by atoms with Gasteiger partial charge < -0.3 is 14.3 Å². The molecule has 94 valence electrons. The number of benzene rings is 1. The van der Waals surface area contributed by atoms with E-state index in [0.29, 0.717) is 5.56 Å². The van der Waals surface area contributed by atoms with Gasteiger partial charge in [0.1, 0.15) is 12.2 Å². The maximum Gasteiger partial charge on any atom is 0.339 e. The molecule has 2 rings (SSSR count). The lowest BCUT2D eigenvalue weighted by Crippen LogP contribution is -2.03. The van der Waals surface area contributed by atoms with Gasteiger partial charge in [0.05, 0.1) is 6.26 Å². The molecule has 0 spiro atoms. The molecule has 18 heavy (non-hydrogen) atoms. The van der Waals surface area contributed by atoms with E-state index in [1.807, 2.05) is 0 Å². The molecule has 0 fully saturated rings. The van der Waals surface area contributed by atoms with Crippen LogP contribution in [0.2, 0.25) is 0 Å². The van der Waals surface area contributed by atoms with E-state index in [1.165, 1.54) is 18.4 Å². The topological polar surface area (TPSA) is 59.7 Å². The largest absolute Gasteiger partial charge is 0.483 e. The van der Waals surface area contributed by atoms with Gasteiger partial charge in [-0.3, -0.25) is 0 Å². The number of furan rings is 1. The van der Waals surface area contributed by atoms with Crippen LogP contribution in [0.5, 0.6) is 5.75 Å². The second kappa shape index (κ2) is 4.91. The monoisotopic (exact) mass is 250 g/mol. The van der Waals surface area contributed by atoms with E-state index >= 15 is 0 Å². The first-order valence-electron chi connectivity index (χ1n) is 5.27. The summed E-state index contributed by atoms with van der Waals surface area (Å²) in [4.78, 5) is 10.8. The number of hydrogen-bond donors (Lipinski definition) is 1. The zero-order valence-corrected chi connectivity index (χ0v) is 9.64. The van der Waals surface area contributed by atoms with Gasteiger partial charge in [0.25, 0.3) is 0 Å². The van der Waals surface area contributed by atoms with Gasteiger partial charge in [-0.25, -0.2) is 9.18 Å². The van der Waals surface area contributed by atoms with Crippen LogP contribution in [0.25, 0.3) is 0 Å². The van der Waals surface area contributed by atoms with Crippen molar-refractivity contribution < 1.29 is 23.4 Å². The van der Waals surface area contributed by atoms with Crippen LogP contribution in [-0.2, 0) is 6.61 Å².